The molecule has 0 N–H and O–H groups in total. The summed E-state index contributed by atoms with van der Waals surface area (Å²) in [7, 11) is -2.42. The fourth-order valence-electron chi connectivity index (χ4n) is 3.29. The summed E-state index contributed by atoms with van der Waals surface area (Å²) in [5, 5.41) is 0. The molecule has 0 aliphatic carbocycles. The lowest BCUT2D eigenvalue weighted by molar-refractivity contribution is -0.0440. The van der Waals surface area contributed by atoms with Gasteiger partial charge in [-0.05, 0) is 49.7 Å². The van der Waals surface area contributed by atoms with Crippen molar-refractivity contribution in [1.82, 2.24) is 4.31 Å². The first-order valence-corrected chi connectivity index (χ1v) is 10.9. The van der Waals surface area contributed by atoms with Gasteiger partial charge in [0.15, 0.2) is 11.6 Å². The number of carbonyl (C=O) groups is 1. The van der Waals surface area contributed by atoms with Crippen molar-refractivity contribution in [3.05, 3.63) is 59.4 Å². The van der Waals surface area contributed by atoms with Gasteiger partial charge in [0.25, 0.3) is 0 Å². The Kier molecular flexibility index (Phi) is 6.74. The first-order chi connectivity index (χ1) is 14.2. The van der Waals surface area contributed by atoms with Gasteiger partial charge in [-0.2, -0.15) is 4.31 Å². The van der Waals surface area contributed by atoms with E-state index in [0.29, 0.717) is 5.56 Å². The largest absolute Gasteiger partial charge is 0.494 e. The topological polar surface area (TPSA) is 82.1 Å². The van der Waals surface area contributed by atoms with E-state index in [9.17, 15) is 17.6 Å². The second-order valence-corrected chi connectivity index (χ2v) is 9.09. The molecule has 2 aromatic rings. The highest BCUT2D eigenvalue weighted by Crippen LogP contribution is 2.23. The lowest BCUT2D eigenvalue weighted by Crippen LogP contribution is -2.48. The van der Waals surface area contributed by atoms with Crippen LogP contribution in [0.2, 0.25) is 0 Å². The van der Waals surface area contributed by atoms with E-state index in [2.05, 4.69) is 0 Å². The molecule has 162 valence electrons. The number of hydrogen-bond donors (Lipinski definition) is 0. The molecule has 0 radical (unpaired) electrons. The van der Waals surface area contributed by atoms with Gasteiger partial charge in [0, 0.05) is 13.1 Å². The van der Waals surface area contributed by atoms with Crippen molar-refractivity contribution in [3.8, 4) is 5.75 Å². The van der Waals surface area contributed by atoms with Gasteiger partial charge < -0.3 is 14.2 Å². The third kappa shape index (κ3) is 4.97. The maximum Gasteiger partial charge on any atom is 0.338 e. The van der Waals surface area contributed by atoms with E-state index >= 15 is 0 Å². The smallest absolute Gasteiger partial charge is 0.338 e. The molecule has 1 fully saturated rings. The molecule has 1 aliphatic rings. The van der Waals surface area contributed by atoms with Crippen LogP contribution in [0.5, 0.6) is 5.75 Å². The Morgan fingerprint density at radius 1 is 1.17 bits per heavy atom. The van der Waals surface area contributed by atoms with Crippen LogP contribution < -0.4 is 4.74 Å². The Bertz CT molecular complexity index is 1020. The lowest BCUT2D eigenvalue weighted by Gasteiger charge is -2.34. The van der Waals surface area contributed by atoms with Crippen molar-refractivity contribution in [1.29, 1.82) is 0 Å². The SMILES string of the molecule is COc1ccc(COC(=O)c2cccc(S(=O)(=O)N3CC(C)OC(C)C3)c2)cc1F. The van der Waals surface area contributed by atoms with E-state index in [-0.39, 0.29) is 48.1 Å². The quantitative estimate of drug-likeness (QED) is 0.647. The molecule has 2 unspecified atom stereocenters. The molecule has 7 nitrogen and oxygen atoms in total. The number of esters is 1. The molecule has 2 aromatic carbocycles. The molecule has 1 saturated heterocycles. The van der Waals surface area contributed by atoms with Gasteiger partial charge in [-0.15, -0.1) is 0 Å². The van der Waals surface area contributed by atoms with Crippen LogP contribution in [0, 0.1) is 5.82 Å². The van der Waals surface area contributed by atoms with Crippen molar-refractivity contribution in [2.45, 2.75) is 37.6 Å². The molecule has 30 heavy (non-hydrogen) atoms. The maximum absolute atomic E-state index is 13.8. The van der Waals surface area contributed by atoms with Crippen LogP contribution >= 0.6 is 0 Å². The van der Waals surface area contributed by atoms with Gasteiger partial charge in [0.2, 0.25) is 10.0 Å². The molecule has 3 rings (SSSR count). The third-order valence-electron chi connectivity index (χ3n) is 4.68. The predicted octanol–water partition coefficient (Wildman–Crippen LogP) is 2.99. The highest BCUT2D eigenvalue weighted by Gasteiger charge is 2.32. The summed E-state index contributed by atoms with van der Waals surface area (Å²) in [5.41, 5.74) is 0.543. The molecule has 0 saturated carbocycles. The van der Waals surface area contributed by atoms with Gasteiger partial charge in [-0.1, -0.05) is 12.1 Å². The zero-order chi connectivity index (χ0) is 21.9. The van der Waals surface area contributed by atoms with E-state index in [1.165, 1.54) is 47.8 Å². The normalized spacial score (nSPS) is 20.0. The number of carbonyl (C=O) groups excluding carboxylic acids is 1. The van der Waals surface area contributed by atoms with Crippen LogP contribution in [0.4, 0.5) is 4.39 Å². The van der Waals surface area contributed by atoms with Crippen LogP contribution in [-0.2, 0) is 26.1 Å². The zero-order valence-corrected chi connectivity index (χ0v) is 17.8. The number of hydrogen-bond acceptors (Lipinski definition) is 6. The van der Waals surface area contributed by atoms with Crippen LogP contribution in [0.15, 0.2) is 47.4 Å². The number of methoxy groups -OCH3 is 1. The summed E-state index contributed by atoms with van der Waals surface area (Å²) >= 11 is 0. The molecular weight excluding hydrogens is 413 g/mol. The minimum Gasteiger partial charge on any atom is -0.494 e. The summed E-state index contributed by atoms with van der Waals surface area (Å²) in [5.74, 6) is -1.17. The minimum atomic E-state index is -3.78. The number of benzene rings is 2. The van der Waals surface area contributed by atoms with E-state index in [1.54, 1.807) is 6.07 Å². The molecule has 0 amide bonds. The van der Waals surface area contributed by atoms with E-state index in [4.69, 9.17) is 14.2 Å². The number of nitrogens with zero attached hydrogens (tertiary/aromatic N) is 1. The molecule has 2 atom stereocenters. The highest BCUT2D eigenvalue weighted by molar-refractivity contribution is 7.89. The van der Waals surface area contributed by atoms with Gasteiger partial charge >= 0.3 is 5.97 Å². The molecule has 0 aromatic heterocycles. The maximum atomic E-state index is 13.8. The fourth-order valence-corrected chi connectivity index (χ4v) is 4.93. The number of morpholine rings is 1. The summed E-state index contributed by atoms with van der Waals surface area (Å²) in [6, 6.07) is 9.93. The minimum absolute atomic E-state index is 0.00809. The average Bonchev–Trinajstić information content (AvgIpc) is 2.71. The van der Waals surface area contributed by atoms with Crippen LogP contribution in [-0.4, -0.2) is 51.1 Å². The monoisotopic (exact) mass is 437 g/mol. The second-order valence-electron chi connectivity index (χ2n) is 7.15. The van der Waals surface area contributed by atoms with E-state index < -0.39 is 21.8 Å². The molecule has 0 spiro atoms. The Balaban J connectivity index is 1.73. The molecule has 0 bridgehead atoms. The van der Waals surface area contributed by atoms with Crippen molar-refractivity contribution in [2.24, 2.45) is 0 Å². The van der Waals surface area contributed by atoms with Gasteiger partial charge in [0.05, 0.1) is 29.8 Å². The van der Waals surface area contributed by atoms with Crippen molar-refractivity contribution < 1.29 is 31.8 Å². The first-order valence-electron chi connectivity index (χ1n) is 9.46. The van der Waals surface area contributed by atoms with Crippen molar-refractivity contribution in [3.63, 3.8) is 0 Å². The number of rotatable bonds is 6. The number of halogens is 1. The van der Waals surface area contributed by atoms with Crippen LogP contribution in [0.1, 0.15) is 29.8 Å². The van der Waals surface area contributed by atoms with Gasteiger partial charge in [-0.25, -0.2) is 17.6 Å². The number of ether oxygens (including phenoxy) is 3. The molecular formula is C21H24FNO6S. The van der Waals surface area contributed by atoms with Crippen LogP contribution in [0.3, 0.4) is 0 Å². The lowest BCUT2D eigenvalue weighted by atomic mass is 10.2. The van der Waals surface area contributed by atoms with Gasteiger partial charge in [-0.3, -0.25) is 0 Å². The Morgan fingerprint density at radius 3 is 2.50 bits per heavy atom. The number of sulfonamides is 1. The summed E-state index contributed by atoms with van der Waals surface area (Å²) in [6.07, 6.45) is -0.442. The van der Waals surface area contributed by atoms with E-state index in [0.717, 1.165) is 0 Å². The molecule has 9 heteroatoms. The Morgan fingerprint density at radius 2 is 1.87 bits per heavy atom. The highest BCUT2D eigenvalue weighted by atomic mass is 32.2. The van der Waals surface area contributed by atoms with Crippen molar-refractivity contribution >= 4 is 16.0 Å². The van der Waals surface area contributed by atoms with Crippen molar-refractivity contribution in [2.75, 3.05) is 20.2 Å². The second kappa shape index (κ2) is 9.11. The fraction of sp³-hybridized carbons (Fsp3) is 0.381. The Labute approximate surface area is 175 Å². The van der Waals surface area contributed by atoms with Crippen LogP contribution in [0.25, 0.3) is 0 Å². The summed E-state index contributed by atoms with van der Waals surface area (Å²) < 4.78 is 56.8. The summed E-state index contributed by atoms with van der Waals surface area (Å²) in [6.45, 7) is 3.95. The molecule has 1 aliphatic heterocycles. The first kappa shape index (κ1) is 22.2. The predicted molar refractivity (Wildman–Crippen MR) is 107 cm³/mol. The average molecular weight is 437 g/mol. The summed E-state index contributed by atoms with van der Waals surface area (Å²) in [4.78, 5) is 12.4. The third-order valence-corrected chi connectivity index (χ3v) is 6.51. The van der Waals surface area contributed by atoms with E-state index in [1.807, 2.05) is 13.8 Å². The zero-order valence-electron chi connectivity index (χ0n) is 17.0. The standard InChI is InChI=1S/C21H24FNO6S/c1-14-11-23(12-15(2)29-14)30(25,26)18-6-4-5-17(10-18)21(24)28-13-16-7-8-20(27-3)19(22)9-16/h4-10,14-15H,11-13H2,1-3H3. The molecule has 1 heterocycles. The van der Waals surface area contributed by atoms with Gasteiger partial charge in [0.1, 0.15) is 6.61 Å². The Hall–Kier alpha value is -2.49.